The smallest absolute Gasteiger partial charge is 0.374 e. The quantitative estimate of drug-likeness (QED) is 0.745. The highest BCUT2D eigenvalue weighted by atomic mass is 32.2. The number of esters is 1. The van der Waals surface area contributed by atoms with Gasteiger partial charge in [0, 0.05) is 31.9 Å². The number of hydrogen-bond acceptors (Lipinski definition) is 6. The lowest BCUT2D eigenvalue weighted by molar-refractivity contribution is 0.0558. The summed E-state index contributed by atoms with van der Waals surface area (Å²) >= 11 is 0. The first kappa shape index (κ1) is 16.2. The SMILES string of the molecule is COC(=O)c1ccc(S(=O)(=O)N(C)CCc2ccccn2)o1. The van der Waals surface area contributed by atoms with Gasteiger partial charge < -0.3 is 9.15 Å². The van der Waals surface area contributed by atoms with Crippen LogP contribution in [-0.2, 0) is 21.2 Å². The van der Waals surface area contributed by atoms with Gasteiger partial charge in [-0.2, -0.15) is 4.31 Å². The molecule has 0 unspecified atom stereocenters. The van der Waals surface area contributed by atoms with E-state index in [9.17, 15) is 13.2 Å². The highest BCUT2D eigenvalue weighted by Gasteiger charge is 2.26. The minimum Gasteiger partial charge on any atom is -0.463 e. The van der Waals surface area contributed by atoms with E-state index in [1.54, 1.807) is 12.3 Å². The van der Waals surface area contributed by atoms with Gasteiger partial charge in [-0.3, -0.25) is 4.98 Å². The molecule has 118 valence electrons. The van der Waals surface area contributed by atoms with E-state index in [1.807, 2.05) is 12.1 Å². The standard InChI is InChI=1S/C14H16N2O5S/c1-16(10-8-11-5-3-4-9-15-11)22(18,19)13-7-6-12(21-13)14(17)20-2/h3-7,9H,8,10H2,1-2H3. The summed E-state index contributed by atoms with van der Waals surface area (Å²) in [5, 5.41) is -0.295. The first-order chi connectivity index (χ1) is 10.4. The maximum Gasteiger partial charge on any atom is 0.374 e. The van der Waals surface area contributed by atoms with Crippen LogP contribution in [0, 0.1) is 0 Å². The Morgan fingerprint density at radius 1 is 1.32 bits per heavy atom. The van der Waals surface area contributed by atoms with Crippen LogP contribution in [0.1, 0.15) is 16.2 Å². The maximum absolute atomic E-state index is 12.3. The average molecular weight is 324 g/mol. The minimum absolute atomic E-state index is 0.154. The molecule has 0 bridgehead atoms. The number of furan rings is 1. The predicted molar refractivity (Wildman–Crippen MR) is 77.8 cm³/mol. The molecule has 0 saturated carbocycles. The zero-order valence-electron chi connectivity index (χ0n) is 12.2. The fourth-order valence-corrected chi connectivity index (χ4v) is 2.83. The third kappa shape index (κ3) is 3.52. The highest BCUT2D eigenvalue weighted by Crippen LogP contribution is 2.18. The van der Waals surface area contributed by atoms with E-state index in [2.05, 4.69) is 9.72 Å². The van der Waals surface area contributed by atoms with Crippen LogP contribution in [-0.4, -0.2) is 44.4 Å². The Hall–Kier alpha value is -2.19. The Kier molecular flexibility index (Phi) is 4.94. The van der Waals surface area contributed by atoms with Crippen LogP contribution in [0.2, 0.25) is 0 Å². The third-order valence-corrected chi connectivity index (χ3v) is 4.77. The van der Waals surface area contributed by atoms with Gasteiger partial charge >= 0.3 is 5.97 Å². The van der Waals surface area contributed by atoms with E-state index >= 15 is 0 Å². The van der Waals surface area contributed by atoms with Crippen LogP contribution in [0.15, 0.2) is 46.0 Å². The van der Waals surface area contributed by atoms with Gasteiger partial charge in [-0.25, -0.2) is 13.2 Å². The van der Waals surface area contributed by atoms with Gasteiger partial charge in [0.15, 0.2) is 0 Å². The second-order valence-electron chi connectivity index (χ2n) is 4.51. The minimum atomic E-state index is -3.80. The molecule has 8 heteroatoms. The molecule has 0 spiro atoms. The van der Waals surface area contributed by atoms with Crippen LogP contribution < -0.4 is 0 Å². The highest BCUT2D eigenvalue weighted by molar-refractivity contribution is 7.89. The van der Waals surface area contributed by atoms with Crippen molar-refractivity contribution in [3.8, 4) is 0 Å². The molecule has 0 atom stereocenters. The molecule has 0 saturated heterocycles. The molecule has 7 nitrogen and oxygen atoms in total. The molecule has 0 radical (unpaired) electrons. The van der Waals surface area contributed by atoms with Crippen LogP contribution >= 0.6 is 0 Å². The number of rotatable bonds is 6. The molecule has 0 aromatic carbocycles. The molecule has 0 fully saturated rings. The van der Waals surface area contributed by atoms with E-state index in [4.69, 9.17) is 4.42 Å². The summed E-state index contributed by atoms with van der Waals surface area (Å²) in [5.74, 6) is -0.878. The molecule has 2 aromatic heterocycles. The Morgan fingerprint density at radius 3 is 2.73 bits per heavy atom. The zero-order chi connectivity index (χ0) is 16.2. The maximum atomic E-state index is 12.3. The van der Waals surface area contributed by atoms with Crippen LogP contribution in [0.3, 0.4) is 0 Å². The molecule has 0 amide bonds. The topological polar surface area (TPSA) is 89.7 Å². The number of carbonyl (C=O) groups is 1. The average Bonchev–Trinajstić information content (AvgIpc) is 3.03. The second kappa shape index (κ2) is 6.71. The fourth-order valence-electron chi connectivity index (χ4n) is 1.76. The van der Waals surface area contributed by atoms with Crippen molar-refractivity contribution >= 4 is 16.0 Å². The van der Waals surface area contributed by atoms with E-state index in [0.29, 0.717) is 6.42 Å². The number of nitrogens with zero attached hydrogens (tertiary/aromatic N) is 2. The molecular weight excluding hydrogens is 308 g/mol. The van der Waals surface area contributed by atoms with Gasteiger partial charge in [-0.1, -0.05) is 6.07 Å². The molecular formula is C14H16N2O5S. The van der Waals surface area contributed by atoms with Crippen LogP contribution in [0.5, 0.6) is 0 Å². The molecule has 0 aliphatic carbocycles. The molecule has 0 N–H and O–H groups in total. The normalized spacial score (nSPS) is 11.6. The lowest BCUT2D eigenvalue weighted by Crippen LogP contribution is -2.28. The number of carbonyl (C=O) groups excluding carboxylic acids is 1. The van der Waals surface area contributed by atoms with Crippen molar-refractivity contribution in [2.75, 3.05) is 20.7 Å². The molecule has 2 rings (SSSR count). The van der Waals surface area contributed by atoms with Crippen molar-refractivity contribution in [2.45, 2.75) is 11.5 Å². The van der Waals surface area contributed by atoms with Gasteiger partial charge in [0.1, 0.15) is 0 Å². The molecule has 22 heavy (non-hydrogen) atoms. The van der Waals surface area contributed by atoms with Crippen molar-refractivity contribution < 1.29 is 22.4 Å². The summed E-state index contributed by atoms with van der Waals surface area (Å²) in [6, 6.07) is 7.96. The summed E-state index contributed by atoms with van der Waals surface area (Å²) in [6.07, 6.45) is 2.13. The van der Waals surface area contributed by atoms with Gasteiger partial charge in [0.25, 0.3) is 10.0 Å². The monoisotopic (exact) mass is 324 g/mol. The Morgan fingerprint density at radius 2 is 2.09 bits per heavy atom. The fraction of sp³-hybridized carbons (Fsp3) is 0.286. The lowest BCUT2D eigenvalue weighted by atomic mass is 10.3. The Bertz CT molecular complexity index is 740. The van der Waals surface area contributed by atoms with Crippen molar-refractivity contribution in [3.63, 3.8) is 0 Å². The first-order valence-corrected chi connectivity index (χ1v) is 7.93. The summed E-state index contributed by atoms with van der Waals surface area (Å²) in [5.41, 5.74) is 0.791. The van der Waals surface area contributed by atoms with Crippen molar-refractivity contribution in [1.82, 2.24) is 9.29 Å². The van der Waals surface area contributed by atoms with E-state index in [1.165, 1.54) is 26.3 Å². The van der Waals surface area contributed by atoms with Gasteiger partial charge in [-0.05, 0) is 24.3 Å². The Balaban J connectivity index is 2.09. The predicted octanol–water partition coefficient (Wildman–Crippen LogP) is 1.32. The largest absolute Gasteiger partial charge is 0.463 e. The zero-order valence-corrected chi connectivity index (χ0v) is 13.0. The number of pyridine rings is 1. The summed E-state index contributed by atoms with van der Waals surface area (Å²) < 4.78 is 35.4. The molecule has 2 heterocycles. The number of hydrogen-bond donors (Lipinski definition) is 0. The molecule has 0 aliphatic rings. The van der Waals surface area contributed by atoms with Crippen LogP contribution in [0.25, 0.3) is 0 Å². The number of likely N-dealkylation sites (N-methyl/N-ethyl adjacent to an activating group) is 1. The van der Waals surface area contributed by atoms with Crippen molar-refractivity contribution in [1.29, 1.82) is 0 Å². The van der Waals surface area contributed by atoms with Crippen molar-refractivity contribution in [3.05, 3.63) is 48.0 Å². The van der Waals surface area contributed by atoms with Gasteiger partial charge in [0.2, 0.25) is 10.9 Å². The van der Waals surface area contributed by atoms with E-state index < -0.39 is 16.0 Å². The lowest BCUT2D eigenvalue weighted by Gasteiger charge is -2.14. The van der Waals surface area contributed by atoms with E-state index in [0.717, 1.165) is 10.00 Å². The van der Waals surface area contributed by atoms with Gasteiger partial charge in [0.05, 0.1) is 7.11 Å². The first-order valence-electron chi connectivity index (χ1n) is 6.49. The molecule has 2 aromatic rings. The molecule has 0 aliphatic heterocycles. The van der Waals surface area contributed by atoms with Gasteiger partial charge in [-0.15, -0.1) is 0 Å². The second-order valence-corrected chi connectivity index (χ2v) is 6.48. The summed E-state index contributed by atoms with van der Waals surface area (Å²) in [7, 11) is -1.16. The van der Waals surface area contributed by atoms with E-state index in [-0.39, 0.29) is 17.4 Å². The Labute approximate surface area is 128 Å². The number of sulfonamides is 1. The van der Waals surface area contributed by atoms with Crippen LogP contribution in [0.4, 0.5) is 0 Å². The third-order valence-electron chi connectivity index (χ3n) is 3.04. The number of aromatic nitrogens is 1. The number of methoxy groups -OCH3 is 1. The van der Waals surface area contributed by atoms with Crippen molar-refractivity contribution in [2.24, 2.45) is 0 Å². The number of ether oxygens (including phenoxy) is 1. The summed E-state index contributed by atoms with van der Waals surface area (Å²) in [6.45, 7) is 0.244. The summed E-state index contributed by atoms with van der Waals surface area (Å²) in [4.78, 5) is 15.4.